The van der Waals surface area contributed by atoms with Gasteiger partial charge in [0.1, 0.15) is 29.8 Å². The molecule has 4 aliphatic rings. The van der Waals surface area contributed by atoms with Gasteiger partial charge in [0.2, 0.25) is 17.7 Å². The number of hydrogen-bond acceptors (Lipinski definition) is 11. The molecule has 4 atom stereocenters. The maximum Gasteiger partial charge on any atom is 0.331 e. The van der Waals surface area contributed by atoms with Crippen LogP contribution in [0.4, 0.5) is 0 Å². The molecule has 4 saturated carbocycles. The van der Waals surface area contributed by atoms with Gasteiger partial charge in [0.25, 0.3) is 0 Å². The molecule has 4 fully saturated rings. The van der Waals surface area contributed by atoms with E-state index in [1.807, 2.05) is 96.1 Å². The number of rotatable bonds is 34. The number of ether oxygens (including phenoxy) is 5. The van der Waals surface area contributed by atoms with Crippen molar-refractivity contribution in [2.45, 2.75) is 297 Å². The van der Waals surface area contributed by atoms with Gasteiger partial charge in [0.05, 0.1) is 13.2 Å². The number of esters is 3. The Morgan fingerprint density at radius 3 is 1.12 bits per heavy atom. The lowest BCUT2D eigenvalue weighted by atomic mass is 9.84. The second-order valence-electron chi connectivity index (χ2n) is 27.7. The Balaban J connectivity index is 0.000000261. The van der Waals surface area contributed by atoms with Crippen molar-refractivity contribution in [1.29, 1.82) is 0 Å². The number of hydrogen-bond donors (Lipinski definition) is 3. The van der Waals surface area contributed by atoms with Crippen molar-refractivity contribution in [3.05, 3.63) is 113 Å². The number of carbonyl (C=O) groups excluding carboxylic acids is 6. The minimum Gasteiger partial charge on any atom is -0.494 e. The SMILES string of the molecule is CCC(C)C(=O)NC1CCC(OC(=O)/C=C/c2ccc(C3CCCCC3)cc2)CC1.CCCCC(CC)COc1ccc(/C=C/C(=O)OC2CCC(NC(=O)C(C)CC)CC2)cc1.CCCCCCCCOc1ccc(/C=C/C(=O)OC2CCC(NC(=O)C(C)CC)CC2)cc1. The molecule has 0 radical (unpaired) electrons. The molecule has 3 amide bonds. The molecule has 3 aromatic carbocycles. The van der Waals surface area contributed by atoms with Crippen LogP contribution >= 0.6 is 0 Å². The highest BCUT2D eigenvalue weighted by Gasteiger charge is 2.29. The summed E-state index contributed by atoms with van der Waals surface area (Å²) in [5.41, 5.74) is 4.33. The van der Waals surface area contributed by atoms with Gasteiger partial charge in [-0.2, -0.15) is 0 Å². The zero-order chi connectivity index (χ0) is 69.3. The first kappa shape index (κ1) is 80.0. The topological polar surface area (TPSA) is 185 Å². The normalized spacial score (nSPS) is 21.0. The van der Waals surface area contributed by atoms with Crippen LogP contribution in [0.15, 0.2) is 91.0 Å². The minimum absolute atomic E-state index is 0.0466. The first-order chi connectivity index (χ1) is 46.5. The van der Waals surface area contributed by atoms with E-state index in [4.69, 9.17) is 23.7 Å². The van der Waals surface area contributed by atoms with Gasteiger partial charge in [-0.15, -0.1) is 0 Å². The van der Waals surface area contributed by atoms with Gasteiger partial charge in [-0.3, -0.25) is 14.4 Å². The van der Waals surface area contributed by atoms with Gasteiger partial charge in [-0.05, 0) is 199 Å². The molecule has 0 bridgehead atoms. The molecule has 96 heavy (non-hydrogen) atoms. The average molecular weight is 1330 g/mol. The lowest BCUT2D eigenvalue weighted by Gasteiger charge is -2.29. The second-order valence-corrected chi connectivity index (χ2v) is 27.7. The highest BCUT2D eigenvalue weighted by molar-refractivity contribution is 5.88. The molecular formula is C82H123N3O11. The number of unbranched alkanes of at least 4 members (excludes halogenated alkanes) is 6. The van der Waals surface area contributed by atoms with Gasteiger partial charge in [-0.25, -0.2) is 14.4 Å². The van der Waals surface area contributed by atoms with E-state index in [0.717, 1.165) is 151 Å². The van der Waals surface area contributed by atoms with Crippen molar-refractivity contribution in [2.24, 2.45) is 23.7 Å². The Morgan fingerprint density at radius 2 is 0.760 bits per heavy atom. The van der Waals surface area contributed by atoms with Crippen molar-refractivity contribution < 1.29 is 52.5 Å². The highest BCUT2D eigenvalue weighted by atomic mass is 16.6. The van der Waals surface area contributed by atoms with E-state index in [-0.39, 0.29) is 89.8 Å². The molecule has 14 heteroatoms. The fraction of sp³-hybridized carbons (Fsp3) is 0.634. The van der Waals surface area contributed by atoms with Gasteiger partial charge in [0.15, 0.2) is 0 Å². The van der Waals surface area contributed by atoms with Crippen LogP contribution < -0.4 is 25.4 Å². The Labute approximate surface area is 578 Å². The third-order valence-electron chi connectivity index (χ3n) is 19.9. The summed E-state index contributed by atoms with van der Waals surface area (Å²) in [6, 6.07) is 24.8. The summed E-state index contributed by atoms with van der Waals surface area (Å²) in [6.45, 7) is 20.1. The van der Waals surface area contributed by atoms with Crippen molar-refractivity contribution in [2.75, 3.05) is 13.2 Å². The maximum atomic E-state index is 12.2. The molecule has 7 rings (SSSR count). The average Bonchev–Trinajstić information content (AvgIpc) is 1.04. The summed E-state index contributed by atoms with van der Waals surface area (Å²) >= 11 is 0. The Morgan fingerprint density at radius 1 is 0.406 bits per heavy atom. The molecule has 0 saturated heterocycles. The van der Waals surface area contributed by atoms with Crippen LogP contribution in [0.3, 0.4) is 0 Å². The fourth-order valence-corrected chi connectivity index (χ4v) is 12.5. The molecule has 4 unspecified atom stereocenters. The number of nitrogens with one attached hydrogen (secondary N) is 3. The zero-order valence-electron chi connectivity index (χ0n) is 60.4. The molecular weight excluding hydrogens is 1200 g/mol. The van der Waals surface area contributed by atoms with Crippen molar-refractivity contribution >= 4 is 53.9 Å². The highest BCUT2D eigenvalue weighted by Crippen LogP contribution is 2.33. The molecule has 0 spiro atoms. The lowest BCUT2D eigenvalue weighted by molar-refractivity contribution is -0.145. The number of benzene rings is 3. The molecule has 0 aromatic heterocycles. The van der Waals surface area contributed by atoms with Crippen molar-refractivity contribution in [1.82, 2.24) is 16.0 Å². The third-order valence-corrected chi connectivity index (χ3v) is 19.9. The minimum atomic E-state index is -0.316. The molecule has 0 heterocycles. The van der Waals surface area contributed by atoms with Crippen LogP contribution in [0.5, 0.6) is 11.5 Å². The van der Waals surface area contributed by atoms with Crippen LogP contribution in [0.1, 0.15) is 283 Å². The number of carbonyl (C=O) groups is 6. The standard InChI is InChI=1S/2C28H43NO4.C26H37NO3/c1-5-8-9-22(7-3)20-32-25-15-10-23(11-16-25)12-19-27(30)33-26-17-13-24(14-18-26)29-28(31)21(4)6-2;1-4-6-7-8-9-10-21-32-25-16-11-23(12-17-25)13-20-27(30)33-26-18-14-24(15-19-26)29-28(31)22(3)5-2;1-3-19(2)26(29)27-23-14-16-24(17-15-23)30-25(28)18-11-20-9-12-22(13-10-20)21-7-5-4-6-8-21/h10-12,15-16,19,21-22,24,26H,5-9,13-14,17-18,20H2,1-4H3,(H,29,31);11-13,16-17,20,22,24,26H,4-10,14-15,18-19,21H2,1-3H3,(H,29,31);9-13,18-19,21,23-24H,3-8,14-17H2,1-2H3,(H,27,29)/b19-12+;20-13+;18-11+. The van der Waals surface area contributed by atoms with Crippen LogP contribution in [-0.2, 0) is 43.0 Å². The summed E-state index contributed by atoms with van der Waals surface area (Å²) in [5.74, 6) is 2.65. The smallest absolute Gasteiger partial charge is 0.331 e. The first-order valence-electron chi connectivity index (χ1n) is 37.6. The van der Waals surface area contributed by atoms with E-state index in [1.165, 1.54) is 107 Å². The second kappa shape index (κ2) is 46.5. The summed E-state index contributed by atoms with van der Waals surface area (Å²) in [4.78, 5) is 72.8. The Hall–Kier alpha value is -6.70. The van der Waals surface area contributed by atoms with E-state index < -0.39 is 0 Å². The fourth-order valence-electron chi connectivity index (χ4n) is 12.5. The predicted octanol–water partition coefficient (Wildman–Crippen LogP) is 18.5. The van der Waals surface area contributed by atoms with Crippen LogP contribution in [-0.4, -0.2) is 85.3 Å². The van der Waals surface area contributed by atoms with E-state index in [2.05, 4.69) is 61.0 Å². The van der Waals surface area contributed by atoms with E-state index >= 15 is 0 Å². The lowest BCUT2D eigenvalue weighted by Crippen LogP contribution is -2.41. The van der Waals surface area contributed by atoms with E-state index in [0.29, 0.717) is 11.8 Å². The van der Waals surface area contributed by atoms with Crippen LogP contribution in [0.2, 0.25) is 0 Å². The predicted molar refractivity (Wildman–Crippen MR) is 389 cm³/mol. The molecule has 532 valence electrons. The van der Waals surface area contributed by atoms with Crippen molar-refractivity contribution in [3.63, 3.8) is 0 Å². The maximum absolute atomic E-state index is 12.2. The molecule has 3 aromatic rings. The van der Waals surface area contributed by atoms with E-state index in [1.54, 1.807) is 12.2 Å². The molecule has 0 aliphatic heterocycles. The van der Waals surface area contributed by atoms with Gasteiger partial charge >= 0.3 is 17.9 Å². The Bertz CT molecular complexity index is 2760. The summed E-state index contributed by atoms with van der Waals surface area (Å²) in [5, 5.41) is 9.36. The van der Waals surface area contributed by atoms with Crippen molar-refractivity contribution in [3.8, 4) is 11.5 Å². The van der Waals surface area contributed by atoms with Gasteiger partial charge in [-0.1, -0.05) is 181 Å². The van der Waals surface area contributed by atoms with Gasteiger partial charge < -0.3 is 39.6 Å². The van der Waals surface area contributed by atoms with Crippen LogP contribution in [0, 0.1) is 23.7 Å². The van der Waals surface area contributed by atoms with E-state index in [9.17, 15) is 28.8 Å². The van der Waals surface area contributed by atoms with Crippen LogP contribution in [0.25, 0.3) is 18.2 Å². The summed E-state index contributed by atoms with van der Waals surface area (Å²) in [7, 11) is 0. The monoisotopic (exact) mass is 1330 g/mol. The zero-order valence-corrected chi connectivity index (χ0v) is 60.4. The third kappa shape index (κ3) is 32.1. The summed E-state index contributed by atoms with van der Waals surface area (Å²) < 4.78 is 28.6. The Kier molecular flexibility index (Phi) is 38.7. The largest absolute Gasteiger partial charge is 0.494 e. The summed E-state index contributed by atoms with van der Waals surface area (Å²) in [6.07, 6.45) is 41.1. The molecule has 14 nitrogen and oxygen atoms in total. The number of amides is 3. The molecule has 4 aliphatic carbocycles. The molecule has 3 N–H and O–H groups in total. The quantitative estimate of drug-likeness (QED) is 0.0224. The van der Waals surface area contributed by atoms with Gasteiger partial charge in [0, 0.05) is 54.1 Å². The first-order valence-corrected chi connectivity index (χ1v) is 37.6.